The monoisotopic (exact) mass is 299 g/mol. The SMILES string of the molecule is CCOC(=O)C(=O)N1c2ccccc2Sc2ccccc21. The molecular formula is C16H13NO3S. The van der Waals surface area contributed by atoms with Crippen molar-refractivity contribution >= 4 is 35.0 Å². The predicted molar refractivity (Wildman–Crippen MR) is 80.8 cm³/mol. The molecule has 1 aliphatic heterocycles. The first-order valence-electron chi connectivity index (χ1n) is 6.59. The van der Waals surface area contributed by atoms with Crippen LogP contribution in [0.3, 0.4) is 0 Å². The van der Waals surface area contributed by atoms with Crippen LogP contribution in [0.15, 0.2) is 58.3 Å². The summed E-state index contributed by atoms with van der Waals surface area (Å²) in [5.41, 5.74) is 1.42. The van der Waals surface area contributed by atoms with E-state index in [4.69, 9.17) is 4.74 Å². The molecule has 4 nitrogen and oxygen atoms in total. The topological polar surface area (TPSA) is 46.6 Å². The number of rotatable bonds is 1. The second-order valence-corrected chi connectivity index (χ2v) is 5.48. The quantitative estimate of drug-likeness (QED) is 0.598. The number of hydrogen-bond acceptors (Lipinski definition) is 4. The fourth-order valence-electron chi connectivity index (χ4n) is 2.21. The molecule has 0 saturated heterocycles. The molecule has 0 radical (unpaired) electrons. The van der Waals surface area contributed by atoms with Gasteiger partial charge in [-0.05, 0) is 31.2 Å². The minimum Gasteiger partial charge on any atom is -0.459 e. The summed E-state index contributed by atoms with van der Waals surface area (Å²) in [5, 5.41) is 0. The molecular weight excluding hydrogens is 286 g/mol. The molecule has 1 amide bonds. The average Bonchev–Trinajstić information content (AvgIpc) is 2.52. The van der Waals surface area contributed by atoms with Crippen LogP contribution in [0.5, 0.6) is 0 Å². The summed E-state index contributed by atoms with van der Waals surface area (Å²) >= 11 is 1.58. The number of benzene rings is 2. The van der Waals surface area contributed by atoms with Gasteiger partial charge in [0.15, 0.2) is 0 Å². The number of nitrogens with zero attached hydrogens (tertiary/aromatic N) is 1. The lowest BCUT2D eigenvalue weighted by Gasteiger charge is -2.30. The van der Waals surface area contributed by atoms with Crippen LogP contribution in [0, 0.1) is 0 Å². The van der Waals surface area contributed by atoms with Crippen LogP contribution in [-0.2, 0) is 14.3 Å². The Hall–Kier alpha value is -2.27. The van der Waals surface area contributed by atoms with Gasteiger partial charge in [0, 0.05) is 9.79 Å². The van der Waals surface area contributed by atoms with Crippen LogP contribution in [0.2, 0.25) is 0 Å². The highest BCUT2D eigenvalue weighted by molar-refractivity contribution is 7.99. The van der Waals surface area contributed by atoms with Gasteiger partial charge < -0.3 is 4.74 Å². The van der Waals surface area contributed by atoms with Crippen LogP contribution in [0.25, 0.3) is 0 Å². The van der Waals surface area contributed by atoms with Crippen molar-refractivity contribution in [3.05, 3.63) is 48.5 Å². The zero-order valence-corrected chi connectivity index (χ0v) is 12.2. The minimum absolute atomic E-state index is 0.177. The molecule has 2 aromatic carbocycles. The molecule has 1 heterocycles. The summed E-state index contributed by atoms with van der Waals surface area (Å²) in [6.07, 6.45) is 0. The van der Waals surface area contributed by atoms with Crippen molar-refractivity contribution in [1.29, 1.82) is 0 Å². The van der Waals surface area contributed by atoms with Gasteiger partial charge in [0.2, 0.25) is 0 Å². The number of esters is 1. The highest BCUT2D eigenvalue weighted by Crippen LogP contribution is 2.47. The van der Waals surface area contributed by atoms with E-state index in [1.165, 1.54) is 4.90 Å². The first kappa shape index (κ1) is 13.7. The van der Waals surface area contributed by atoms with Crippen molar-refractivity contribution < 1.29 is 14.3 Å². The van der Waals surface area contributed by atoms with Gasteiger partial charge >= 0.3 is 11.9 Å². The third-order valence-corrected chi connectivity index (χ3v) is 4.22. The van der Waals surface area contributed by atoms with E-state index in [2.05, 4.69) is 0 Å². The molecule has 2 aromatic rings. The highest BCUT2D eigenvalue weighted by Gasteiger charge is 2.32. The number of carbonyl (C=O) groups is 2. The Morgan fingerprint density at radius 1 is 1.00 bits per heavy atom. The van der Waals surface area contributed by atoms with E-state index in [9.17, 15) is 9.59 Å². The van der Waals surface area contributed by atoms with Crippen molar-refractivity contribution in [3.63, 3.8) is 0 Å². The number of para-hydroxylation sites is 2. The van der Waals surface area contributed by atoms with Gasteiger partial charge in [-0.2, -0.15) is 0 Å². The zero-order valence-electron chi connectivity index (χ0n) is 11.4. The number of anilines is 2. The molecule has 0 spiro atoms. The predicted octanol–water partition coefficient (Wildman–Crippen LogP) is 3.38. The Balaban J connectivity index is 2.11. The van der Waals surface area contributed by atoms with E-state index in [1.54, 1.807) is 18.7 Å². The smallest absolute Gasteiger partial charge is 0.397 e. The van der Waals surface area contributed by atoms with E-state index in [-0.39, 0.29) is 6.61 Å². The molecule has 106 valence electrons. The number of carbonyl (C=O) groups excluding carboxylic acids is 2. The Morgan fingerprint density at radius 3 is 2.05 bits per heavy atom. The summed E-state index contributed by atoms with van der Waals surface area (Å²) in [4.78, 5) is 27.6. The van der Waals surface area contributed by atoms with Gasteiger partial charge in [0.25, 0.3) is 0 Å². The fourth-order valence-corrected chi connectivity index (χ4v) is 3.27. The molecule has 0 N–H and O–H groups in total. The summed E-state index contributed by atoms with van der Waals surface area (Å²) in [7, 11) is 0. The minimum atomic E-state index is -0.839. The Bertz CT molecular complexity index is 669. The maximum Gasteiger partial charge on any atom is 0.397 e. The summed E-state index contributed by atoms with van der Waals surface area (Å²) < 4.78 is 4.85. The van der Waals surface area contributed by atoms with Crippen LogP contribution >= 0.6 is 11.8 Å². The van der Waals surface area contributed by atoms with Crippen molar-refractivity contribution in [1.82, 2.24) is 0 Å². The molecule has 0 unspecified atom stereocenters. The Kier molecular flexibility index (Phi) is 3.66. The van der Waals surface area contributed by atoms with Crippen LogP contribution in [0.1, 0.15) is 6.92 Å². The normalized spacial score (nSPS) is 12.3. The number of fused-ring (bicyclic) bond motifs is 2. The third-order valence-electron chi connectivity index (χ3n) is 3.09. The van der Waals surface area contributed by atoms with Gasteiger partial charge in [-0.3, -0.25) is 9.69 Å². The molecule has 0 atom stereocenters. The molecule has 0 fully saturated rings. The van der Waals surface area contributed by atoms with E-state index in [0.717, 1.165) is 9.79 Å². The summed E-state index contributed by atoms with van der Waals surface area (Å²) in [6.45, 7) is 1.86. The zero-order chi connectivity index (χ0) is 14.8. The fraction of sp³-hybridized carbons (Fsp3) is 0.125. The maximum atomic E-state index is 12.5. The van der Waals surface area contributed by atoms with Crippen LogP contribution < -0.4 is 4.90 Å². The van der Waals surface area contributed by atoms with Gasteiger partial charge in [-0.1, -0.05) is 36.0 Å². The molecule has 21 heavy (non-hydrogen) atoms. The average molecular weight is 299 g/mol. The lowest BCUT2D eigenvalue weighted by atomic mass is 10.2. The van der Waals surface area contributed by atoms with E-state index >= 15 is 0 Å². The second-order valence-electron chi connectivity index (χ2n) is 4.40. The molecule has 0 bridgehead atoms. The van der Waals surface area contributed by atoms with Gasteiger partial charge in [-0.15, -0.1) is 0 Å². The lowest BCUT2D eigenvalue weighted by molar-refractivity contribution is -0.152. The molecule has 0 aromatic heterocycles. The van der Waals surface area contributed by atoms with Crippen molar-refractivity contribution in [2.24, 2.45) is 0 Å². The highest BCUT2D eigenvalue weighted by atomic mass is 32.2. The van der Waals surface area contributed by atoms with Crippen LogP contribution in [-0.4, -0.2) is 18.5 Å². The van der Waals surface area contributed by atoms with Crippen LogP contribution in [0.4, 0.5) is 11.4 Å². The Labute approximate surface area is 126 Å². The van der Waals surface area contributed by atoms with Gasteiger partial charge in [0.05, 0.1) is 18.0 Å². The summed E-state index contributed by atoms with van der Waals surface area (Å²) in [6, 6.07) is 15.0. The van der Waals surface area contributed by atoms with Gasteiger partial charge in [0.1, 0.15) is 0 Å². The van der Waals surface area contributed by atoms with E-state index < -0.39 is 11.9 Å². The molecule has 0 aliphatic carbocycles. The maximum absolute atomic E-state index is 12.5. The molecule has 3 rings (SSSR count). The number of ether oxygens (including phenoxy) is 1. The standard InChI is InChI=1S/C16H13NO3S/c1-2-20-16(19)15(18)17-11-7-3-5-9-13(11)21-14-10-6-4-8-12(14)17/h3-10H,2H2,1H3. The van der Waals surface area contributed by atoms with Gasteiger partial charge in [-0.25, -0.2) is 4.79 Å². The van der Waals surface area contributed by atoms with Crippen molar-refractivity contribution in [2.75, 3.05) is 11.5 Å². The third kappa shape index (κ3) is 2.40. The van der Waals surface area contributed by atoms with Crippen molar-refractivity contribution in [2.45, 2.75) is 16.7 Å². The first-order chi connectivity index (χ1) is 10.2. The van der Waals surface area contributed by atoms with E-state index in [0.29, 0.717) is 11.4 Å². The second kappa shape index (κ2) is 5.61. The molecule has 5 heteroatoms. The van der Waals surface area contributed by atoms with E-state index in [1.807, 2.05) is 48.5 Å². The summed E-state index contributed by atoms with van der Waals surface area (Å²) in [5.74, 6) is -1.51. The van der Waals surface area contributed by atoms with Crippen molar-refractivity contribution in [3.8, 4) is 0 Å². The first-order valence-corrected chi connectivity index (χ1v) is 7.41. The largest absolute Gasteiger partial charge is 0.459 e. The molecule has 0 saturated carbocycles. The lowest BCUT2D eigenvalue weighted by Crippen LogP contribution is -2.35. The number of amides is 1. The number of hydrogen-bond donors (Lipinski definition) is 0. The molecule has 1 aliphatic rings. The Morgan fingerprint density at radius 2 is 1.52 bits per heavy atom.